The molecule has 0 spiro atoms. The molecule has 0 aliphatic heterocycles. The molecular weight excluding hydrogens is 194 g/mol. The predicted molar refractivity (Wildman–Crippen MR) is 61.5 cm³/mol. The van der Waals surface area contributed by atoms with E-state index in [0.717, 1.165) is 31.9 Å². The smallest absolute Gasteiger partial charge is 0.0795 e. The number of hydrogen-bond acceptors (Lipinski definition) is 4. The Bertz CT molecular complexity index is 246. The van der Waals surface area contributed by atoms with Gasteiger partial charge in [-0.1, -0.05) is 6.08 Å². The summed E-state index contributed by atoms with van der Waals surface area (Å²) in [7, 11) is 2.11. The van der Waals surface area contributed by atoms with Crippen LogP contribution in [0.1, 0.15) is 5.69 Å². The maximum absolute atomic E-state index is 4.24. The summed E-state index contributed by atoms with van der Waals surface area (Å²) in [4.78, 5) is 6.50. The molecule has 0 amide bonds. The molecule has 0 aliphatic rings. The fourth-order valence-corrected chi connectivity index (χ4v) is 1.69. The molecule has 1 aromatic rings. The second kappa shape index (κ2) is 6.70. The van der Waals surface area contributed by atoms with Crippen LogP contribution >= 0.6 is 11.3 Å². The van der Waals surface area contributed by atoms with E-state index in [1.54, 1.807) is 11.3 Å². The highest BCUT2D eigenvalue weighted by Gasteiger charge is 2.00. The van der Waals surface area contributed by atoms with Gasteiger partial charge in [-0.2, -0.15) is 0 Å². The van der Waals surface area contributed by atoms with E-state index in [4.69, 9.17) is 0 Å². The van der Waals surface area contributed by atoms with E-state index in [2.05, 4.69) is 34.2 Å². The Balaban J connectivity index is 2.10. The predicted octanol–water partition coefficient (Wildman–Crippen LogP) is 1.35. The maximum atomic E-state index is 4.24. The lowest BCUT2D eigenvalue weighted by Crippen LogP contribution is -2.29. The van der Waals surface area contributed by atoms with Gasteiger partial charge in [-0.05, 0) is 7.05 Å². The molecule has 1 rings (SSSR count). The standard InChI is InChI=1S/C10H17N3S/c1-3-4-11-5-6-13(2)7-10-8-14-9-12-10/h3,8-9,11H,1,4-7H2,2H3. The molecule has 78 valence electrons. The van der Waals surface area contributed by atoms with Gasteiger partial charge >= 0.3 is 0 Å². The van der Waals surface area contributed by atoms with Crippen LogP contribution in [0.15, 0.2) is 23.5 Å². The van der Waals surface area contributed by atoms with Gasteiger partial charge in [0.2, 0.25) is 0 Å². The summed E-state index contributed by atoms with van der Waals surface area (Å²) in [6.45, 7) is 7.49. The van der Waals surface area contributed by atoms with Crippen molar-refractivity contribution in [1.29, 1.82) is 0 Å². The summed E-state index contributed by atoms with van der Waals surface area (Å²) in [5.41, 5.74) is 3.03. The number of nitrogens with one attached hydrogen (secondary N) is 1. The van der Waals surface area contributed by atoms with E-state index in [1.165, 1.54) is 0 Å². The van der Waals surface area contributed by atoms with Crippen molar-refractivity contribution in [2.24, 2.45) is 0 Å². The third kappa shape index (κ3) is 4.50. The van der Waals surface area contributed by atoms with Gasteiger partial charge in [0.1, 0.15) is 0 Å². The largest absolute Gasteiger partial charge is 0.312 e. The highest BCUT2D eigenvalue weighted by atomic mass is 32.1. The molecule has 0 bridgehead atoms. The van der Waals surface area contributed by atoms with Crippen LogP contribution < -0.4 is 5.32 Å². The monoisotopic (exact) mass is 211 g/mol. The molecule has 0 unspecified atom stereocenters. The molecule has 0 aliphatic carbocycles. The summed E-state index contributed by atoms with van der Waals surface area (Å²) in [6, 6.07) is 0. The number of likely N-dealkylation sites (N-methyl/N-ethyl adjacent to an activating group) is 1. The fourth-order valence-electron chi connectivity index (χ4n) is 1.15. The van der Waals surface area contributed by atoms with Gasteiger partial charge < -0.3 is 5.32 Å². The number of rotatable bonds is 7. The lowest BCUT2D eigenvalue weighted by molar-refractivity contribution is 0.323. The van der Waals surface area contributed by atoms with E-state index in [-0.39, 0.29) is 0 Å². The minimum atomic E-state index is 0.880. The van der Waals surface area contributed by atoms with Gasteiger partial charge in [-0.25, -0.2) is 4.98 Å². The minimum absolute atomic E-state index is 0.880. The highest BCUT2D eigenvalue weighted by molar-refractivity contribution is 7.07. The summed E-state index contributed by atoms with van der Waals surface area (Å²) >= 11 is 1.65. The molecule has 1 N–H and O–H groups in total. The first-order valence-corrected chi connectivity index (χ1v) is 5.64. The summed E-state index contributed by atoms with van der Waals surface area (Å²) in [5.74, 6) is 0. The van der Waals surface area contributed by atoms with E-state index < -0.39 is 0 Å². The van der Waals surface area contributed by atoms with Gasteiger partial charge in [0.25, 0.3) is 0 Å². The van der Waals surface area contributed by atoms with Crippen LogP contribution in [0, 0.1) is 0 Å². The van der Waals surface area contributed by atoms with Gasteiger partial charge in [0.05, 0.1) is 11.2 Å². The van der Waals surface area contributed by atoms with Crippen molar-refractivity contribution in [3.05, 3.63) is 29.2 Å². The Morgan fingerprint density at radius 2 is 2.57 bits per heavy atom. The minimum Gasteiger partial charge on any atom is -0.312 e. The molecular formula is C10H17N3S. The number of thiazole rings is 1. The van der Waals surface area contributed by atoms with Crippen LogP contribution in [0.2, 0.25) is 0 Å². The average Bonchev–Trinajstić information content (AvgIpc) is 2.65. The van der Waals surface area contributed by atoms with E-state index in [9.17, 15) is 0 Å². The lowest BCUT2D eigenvalue weighted by atomic mass is 10.4. The van der Waals surface area contributed by atoms with Crippen LogP contribution in [-0.4, -0.2) is 36.6 Å². The molecule has 0 saturated heterocycles. The zero-order chi connectivity index (χ0) is 10.2. The zero-order valence-electron chi connectivity index (χ0n) is 8.57. The third-order valence-electron chi connectivity index (χ3n) is 1.87. The second-order valence-electron chi connectivity index (χ2n) is 3.21. The van der Waals surface area contributed by atoms with Crippen LogP contribution in [0.4, 0.5) is 0 Å². The van der Waals surface area contributed by atoms with Crippen LogP contribution in [0.25, 0.3) is 0 Å². The zero-order valence-corrected chi connectivity index (χ0v) is 9.39. The molecule has 1 heterocycles. The van der Waals surface area contributed by atoms with E-state index in [1.807, 2.05) is 11.6 Å². The van der Waals surface area contributed by atoms with Crippen molar-refractivity contribution < 1.29 is 0 Å². The molecule has 0 aromatic carbocycles. The fraction of sp³-hybridized carbons (Fsp3) is 0.500. The molecule has 1 aromatic heterocycles. The first kappa shape index (κ1) is 11.4. The Morgan fingerprint density at radius 1 is 1.71 bits per heavy atom. The summed E-state index contributed by atoms with van der Waals surface area (Å²) in [6.07, 6.45) is 1.88. The Labute approximate surface area is 89.5 Å². The normalized spacial score (nSPS) is 10.7. The Morgan fingerprint density at radius 3 is 3.21 bits per heavy atom. The van der Waals surface area contributed by atoms with Crippen molar-refractivity contribution in [2.75, 3.05) is 26.7 Å². The third-order valence-corrected chi connectivity index (χ3v) is 2.51. The van der Waals surface area contributed by atoms with E-state index in [0.29, 0.717) is 0 Å². The number of hydrogen-bond donors (Lipinski definition) is 1. The molecule has 0 radical (unpaired) electrons. The lowest BCUT2D eigenvalue weighted by Gasteiger charge is -2.14. The van der Waals surface area contributed by atoms with Crippen molar-refractivity contribution in [1.82, 2.24) is 15.2 Å². The van der Waals surface area contributed by atoms with Crippen molar-refractivity contribution >= 4 is 11.3 Å². The molecule has 3 nitrogen and oxygen atoms in total. The van der Waals surface area contributed by atoms with Crippen LogP contribution in [-0.2, 0) is 6.54 Å². The Hall–Kier alpha value is -0.710. The van der Waals surface area contributed by atoms with Crippen LogP contribution in [0.5, 0.6) is 0 Å². The molecule has 0 atom stereocenters. The van der Waals surface area contributed by atoms with Gasteiger partial charge in [-0.3, -0.25) is 4.90 Å². The van der Waals surface area contributed by atoms with Gasteiger partial charge in [-0.15, -0.1) is 17.9 Å². The maximum Gasteiger partial charge on any atom is 0.0795 e. The quantitative estimate of drug-likeness (QED) is 0.545. The van der Waals surface area contributed by atoms with Crippen molar-refractivity contribution in [3.63, 3.8) is 0 Å². The Kier molecular flexibility index (Phi) is 5.44. The van der Waals surface area contributed by atoms with Gasteiger partial charge in [0.15, 0.2) is 0 Å². The van der Waals surface area contributed by atoms with Crippen molar-refractivity contribution in [2.45, 2.75) is 6.54 Å². The topological polar surface area (TPSA) is 28.2 Å². The summed E-state index contributed by atoms with van der Waals surface area (Å²) in [5, 5.41) is 5.36. The highest BCUT2D eigenvalue weighted by Crippen LogP contribution is 2.03. The first-order valence-electron chi connectivity index (χ1n) is 4.70. The first-order chi connectivity index (χ1) is 6.83. The van der Waals surface area contributed by atoms with Crippen LogP contribution in [0.3, 0.4) is 0 Å². The second-order valence-corrected chi connectivity index (χ2v) is 3.93. The number of aromatic nitrogens is 1. The van der Waals surface area contributed by atoms with Crippen molar-refractivity contribution in [3.8, 4) is 0 Å². The SMILES string of the molecule is C=CCNCCN(C)Cc1cscn1. The molecule has 0 saturated carbocycles. The molecule has 4 heteroatoms. The number of nitrogens with zero attached hydrogens (tertiary/aromatic N) is 2. The molecule has 14 heavy (non-hydrogen) atoms. The average molecular weight is 211 g/mol. The molecule has 0 fully saturated rings. The van der Waals surface area contributed by atoms with Gasteiger partial charge in [0, 0.05) is 31.6 Å². The van der Waals surface area contributed by atoms with E-state index >= 15 is 0 Å². The summed E-state index contributed by atoms with van der Waals surface area (Å²) < 4.78 is 0.